The van der Waals surface area contributed by atoms with E-state index in [0.29, 0.717) is 0 Å². The fraction of sp³-hybridized carbons (Fsp3) is 0.400. The van der Waals surface area contributed by atoms with E-state index in [1.165, 1.54) is 0 Å². The lowest BCUT2D eigenvalue weighted by Gasteiger charge is -2.35. The summed E-state index contributed by atoms with van der Waals surface area (Å²) < 4.78 is 5.76. The van der Waals surface area contributed by atoms with Gasteiger partial charge in [0.1, 0.15) is 0 Å². The van der Waals surface area contributed by atoms with Gasteiger partial charge in [0.2, 0.25) is 0 Å². The SMILES string of the molecule is C[C@H]1CN(c2nc(-c3ccc(Cl)cc3)cs2)C[C@H](C)O1. The average Bonchev–Trinajstić information content (AvgIpc) is 2.88. The Morgan fingerprint density at radius 1 is 1.20 bits per heavy atom. The average molecular weight is 309 g/mol. The van der Waals surface area contributed by atoms with Crippen LogP contribution >= 0.6 is 22.9 Å². The Morgan fingerprint density at radius 3 is 2.50 bits per heavy atom. The van der Waals surface area contributed by atoms with Gasteiger partial charge >= 0.3 is 0 Å². The van der Waals surface area contributed by atoms with Crippen LogP contribution in [0.15, 0.2) is 29.6 Å². The van der Waals surface area contributed by atoms with Gasteiger partial charge in [0, 0.05) is 29.1 Å². The topological polar surface area (TPSA) is 25.4 Å². The summed E-state index contributed by atoms with van der Waals surface area (Å²) in [5, 5.41) is 3.92. The van der Waals surface area contributed by atoms with E-state index in [9.17, 15) is 0 Å². The van der Waals surface area contributed by atoms with Gasteiger partial charge in [0.25, 0.3) is 0 Å². The van der Waals surface area contributed by atoms with Gasteiger partial charge in [-0.2, -0.15) is 0 Å². The molecular formula is C15H17ClN2OS. The van der Waals surface area contributed by atoms with Crippen LogP contribution in [0.5, 0.6) is 0 Å². The predicted octanol–water partition coefficient (Wildman–Crippen LogP) is 4.08. The van der Waals surface area contributed by atoms with Crippen molar-refractivity contribution >= 4 is 28.1 Å². The summed E-state index contributed by atoms with van der Waals surface area (Å²) in [6.07, 6.45) is 0.503. The van der Waals surface area contributed by atoms with Gasteiger partial charge in [-0.3, -0.25) is 0 Å². The summed E-state index contributed by atoms with van der Waals surface area (Å²) in [4.78, 5) is 7.06. The number of anilines is 1. The lowest BCUT2D eigenvalue weighted by molar-refractivity contribution is -0.00522. The Balaban J connectivity index is 1.81. The monoisotopic (exact) mass is 308 g/mol. The summed E-state index contributed by atoms with van der Waals surface area (Å²) in [5.41, 5.74) is 2.11. The standard InChI is InChI=1S/C15H17ClN2OS/c1-10-7-18(8-11(2)19-10)15-17-14(9-20-15)12-3-5-13(16)6-4-12/h3-6,9-11H,7-8H2,1-2H3/t10-,11-/m0/s1. The van der Waals surface area contributed by atoms with E-state index in [1.807, 2.05) is 24.3 Å². The predicted molar refractivity (Wildman–Crippen MR) is 84.8 cm³/mol. The third-order valence-corrected chi connectivity index (χ3v) is 4.48. The van der Waals surface area contributed by atoms with Gasteiger partial charge in [0.15, 0.2) is 5.13 Å². The second kappa shape index (κ2) is 5.72. The molecule has 1 aromatic carbocycles. The second-order valence-electron chi connectivity index (χ2n) is 5.18. The Kier molecular flexibility index (Phi) is 3.96. The van der Waals surface area contributed by atoms with Crippen molar-refractivity contribution in [3.63, 3.8) is 0 Å². The number of nitrogens with zero attached hydrogens (tertiary/aromatic N) is 2. The summed E-state index contributed by atoms with van der Waals surface area (Å²) in [5.74, 6) is 0. The zero-order valence-corrected chi connectivity index (χ0v) is 13.1. The van der Waals surface area contributed by atoms with Crippen LogP contribution in [-0.2, 0) is 4.74 Å². The highest BCUT2D eigenvalue weighted by atomic mass is 35.5. The number of thiazole rings is 1. The number of morpholine rings is 1. The molecule has 3 rings (SSSR count). The quantitative estimate of drug-likeness (QED) is 0.836. The number of rotatable bonds is 2. The molecule has 106 valence electrons. The fourth-order valence-electron chi connectivity index (χ4n) is 2.50. The normalized spacial score (nSPS) is 23.1. The molecule has 1 aliphatic heterocycles. The minimum atomic E-state index is 0.252. The van der Waals surface area contributed by atoms with Gasteiger partial charge in [0.05, 0.1) is 17.9 Å². The van der Waals surface area contributed by atoms with Crippen molar-refractivity contribution in [2.75, 3.05) is 18.0 Å². The van der Waals surface area contributed by atoms with Crippen LogP contribution in [-0.4, -0.2) is 30.3 Å². The van der Waals surface area contributed by atoms with E-state index in [1.54, 1.807) is 11.3 Å². The van der Waals surface area contributed by atoms with Crippen LogP contribution in [0.3, 0.4) is 0 Å². The number of benzene rings is 1. The highest BCUT2D eigenvalue weighted by Gasteiger charge is 2.24. The summed E-state index contributed by atoms with van der Waals surface area (Å²) in [6, 6.07) is 7.81. The maximum Gasteiger partial charge on any atom is 0.186 e. The minimum absolute atomic E-state index is 0.252. The van der Waals surface area contributed by atoms with E-state index in [0.717, 1.165) is 34.5 Å². The molecule has 1 aromatic heterocycles. The van der Waals surface area contributed by atoms with E-state index < -0.39 is 0 Å². The molecule has 3 nitrogen and oxygen atoms in total. The number of aromatic nitrogens is 1. The molecule has 20 heavy (non-hydrogen) atoms. The largest absolute Gasteiger partial charge is 0.372 e. The summed E-state index contributed by atoms with van der Waals surface area (Å²) in [6.45, 7) is 6.02. The first kappa shape index (κ1) is 13.9. The van der Waals surface area contributed by atoms with Crippen LogP contribution in [0.4, 0.5) is 5.13 Å². The zero-order chi connectivity index (χ0) is 14.1. The summed E-state index contributed by atoms with van der Waals surface area (Å²) >= 11 is 7.60. The molecule has 0 unspecified atom stereocenters. The van der Waals surface area contributed by atoms with Crippen LogP contribution in [0, 0.1) is 0 Å². The van der Waals surface area contributed by atoms with Crippen molar-refractivity contribution < 1.29 is 4.74 Å². The Bertz CT molecular complexity index is 574. The highest BCUT2D eigenvalue weighted by molar-refractivity contribution is 7.14. The highest BCUT2D eigenvalue weighted by Crippen LogP contribution is 2.29. The molecular weight excluding hydrogens is 292 g/mol. The minimum Gasteiger partial charge on any atom is -0.372 e. The molecule has 1 aliphatic rings. The van der Waals surface area contributed by atoms with E-state index >= 15 is 0 Å². The maximum absolute atomic E-state index is 5.92. The van der Waals surface area contributed by atoms with Crippen molar-refractivity contribution in [1.82, 2.24) is 4.98 Å². The molecule has 0 radical (unpaired) electrons. The van der Waals surface area contributed by atoms with Gasteiger partial charge in [-0.1, -0.05) is 23.7 Å². The van der Waals surface area contributed by atoms with Gasteiger partial charge in [-0.15, -0.1) is 11.3 Å². The fourth-order valence-corrected chi connectivity index (χ4v) is 3.48. The molecule has 0 saturated carbocycles. The van der Waals surface area contributed by atoms with Crippen molar-refractivity contribution in [2.45, 2.75) is 26.1 Å². The molecule has 0 bridgehead atoms. The smallest absolute Gasteiger partial charge is 0.186 e. The van der Waals surface area contributed by atoms with Crippen LogP contribution in [0.2, 0.25) is 5.02 Å². The van der Waals surface area contributed by atoms with Crippen molar-refractivity contribution in [3.05, 3.63) is 34.7 Å². The van der Waals surface area contributed by atoms with Gasteiger partial charge in [-0.25, -0.2) is 4.98 Å². The molecule has 0 spiro atoms. The Morgan fingerprint density at radius 2 is 1.85 bits per heavy atom. The molecule has 1 fully saturated rings. The molecule has 0 amide bonds. The molecule has 2 heterocycles. The van der Waals surface area contributed by atoms with Crippen LogP contribution < -0.4 is 4.90 Å². The third-order valence-electron chi connectivity index (χ3n) is 3.32. The first-order valence-electron chi connectivity index (χ1n) is 6.73. The first-order chi connectivity index (χ1) is 9.61. The second-order valence-corrected chi connectivity index (χ2v) is 6.46. The summed E-state index contributed by atoms with van der Waals surface area (Å²) in [7, 11) is 0. The number of hydrogen-bond donors (Lipinski definition) is 0. The van der Waals surface area contributed by atoms with Gasteiger partial charge in [-0.05, 0) is 26.0 Å². The lowest BCUT2D eigenvalue weighted by Crippen LogP contribution is -2.45. The maximum atomic E-state index is 5.92. The zero-order valence-electron chi connectivity index (χ0n) is 11.5. The molecule has 1 saturated heterocycles. The number of ether oxygens (including phenoxy) is 1. The first-order valence-corrected chi connectivity index (χ1v) is 7.99. The Labute approximate surface area is 128 Å². The molecule has 5 heteroatoms. The molecule has 2 aromatic rings. The van der Waals surface area contributed by atoms with Crippen molar-refractivity contribution in [3.8, 4) is 11.3 Å². The van der Waals surface area contributed by atoms with Crippen molar-refractivity contribution in [2.24, 2.45) is 0 Å². The van der Waals surface area contributed by atoms with Crippen molar-refractivity contribution in [1.29, 1.82) is 0 Å². The lowest BCUT2D eigenvalue weighted by atomic mass is 10.2. The molecule has 0 aliphatic carbocycles. The van der Waals surface area contributed by atoms with Crippen LogP contribution in [0.25, 0.3) is 11.3 Å². The molecule has 0 N–H and O–H groups in total. The van der Waals surface area contributed by atoms with E-state index in [4.69, 9.17) is 21.3 Å². The number of halogens is 1. The Hall–Kier alpha value is -1.10. The van der Waals surface area contributed by atoms with Crippen LogP contribution in [0.1, 0.15) is 13.8 Å². The number of hydrogen-bond acceptors (Lipinski definition) is 4. The molecule has 2 atom stereocenters. The van der Waals surface area contributed by atoms with E-state index in [2.05, 4.69) is 24.1 Å². The third kappa shape index (κ3) is 2.97. The van der Waals surface area contributed by atoms with Gasteiger partial charge < -0.3 is 9.64 Å². The van der Waals surface area contributed by atoms with E-state index in [-0.39, 0.29) is 12.2 Å².